The molecule has 0 saturated heterocycles. The van der Waals surface area contributed by atoms with E-state index in [1.54, 1.807) is 17.8 Å². The molecule has 0 aliphatic carbocycles. The van der Waals surface area contributed by atoms with Crippen LogP contribution in [-0.2, 0) is 5.75 Å². The van der Waals surface area contributed by atoms with Crippen LogP contribution in [0.15, 0.2) is 28.7 Å². The number of halogens is 1. The van der Waals surface area contributed by atoms with Crippen molar-refractivity contribution in [2.45, 2.75) is 12.7 Å². The summed E-state index contributed by atoms with van der Waals surface area (Å²) in [4.78, 5) is 0. The van der Waals surface area contributed by atoms with Crippen LogP contribution in [0, 0.1) is 5.92 Å². The van der Waals surface area contributed by atoms with Crippen molar-refractivity contribution in [3.63, 3.8) is 0 Å². The zero-order valence-corrected chi connectivity index (χ0v) is 12.2. The molecule has 6 heteroatoms. The summed E-state index contributed by atoms with van der Waals surface area (Å²) >= 11 is 7.83. The van der Waals surface area contributed by atoms with Gasteiger partial charge in [0, 0.05) is 0 Å². The highest BCUT2D eigenvalue weighted by molar-refractivity contribution is 7.98. The van der Waals surface area contributed by atoms with Gasteiger partial charge in [0.15, 0.2) is 0 Å². The van der Waals surface area contributed by atoms with Gasteiger partial charge < -0.3 is 10.2 Å². The lowest BCUT2D eigenvalue weighted by molar-refractivity contribution is 0.528. The van der Waals surface area contributed by atoms with Crippen LogP contribution in [0.3, 0.4) is 0 Å². The van der Waals surface area contributed by atoms with Crippen LogP contribution >= 0.6 is 23.4 Å². The number of hydrogen-bond donors (Lipinski definition) is 1. The molecule has 2 N–H and O–H groups in total. The van der Waals surface area contributed by atoms with Gasteiger partial charge in [0.05, 0.1) is 16.3 Å². The Labute approximate surface area is 121 Å². The summed E-state index contributed by atoms with van der Waals surface area (Å²) in [7, 11) is 0. The zero-order valence-electron chi connectivity index (χ0n) is 10.7. The molecule has 0 amide bonds. The molecular weight excluding hydrogens is 282 g/mol. The van der Waals surface area contributed by atoms with E-state index < -0.39 is 0 Å². The standard InChI is InChI=1S/C13H16ClN3OS/c1-9(6-15)7-19-8-12-16-17-13(18-12)10-4-2-3-5-11(10)14/h2-5,9H,6-8,15H2,1H3. The van der Waals surface area contributed by atoms with Gasteiger partial charge in [-0.1, -0.05) is 30.7 Å². The third-order valence-electron chi connectivity index (χ3n) is 2.60. The van der Waals surface area contributed by atoms with Gasteiger partial charge in [0.2, 0.25) is 11.8 Å². The van der Waals surface area contributed by atoms with E-state index in [9.17, 15) is 0 Å². The minimum absolute atomic E-state index is 0.466. The van der Waals surface area contributed by atoms with Crippen LogP contribution < -0.4 is 5.73 Å². The average Bonchev–Trinajstić information content (AvgIpc) is 2.87. The lowest BCUT2D eigenvalue weighted by Gasteiger charge is -2.05. The molecule has 1 atom stereocenters. The average molecular weight is 298 g/mol. The second-order valence-corrected chi connectivity index (χ2v) is 5.77. The lowest BCUT2D eigenvalue weighted by Crippen LogP contribution is -2.12. The lowest BCUT2D eigenvalue weighted by atomic mass is 10.2. The predicted molar refractivity (Wildman–Crippen MR) is 79.1 cm³/mol. The number of rotatable bonds is 6. The zero-order chi connectivity index (χ0) is 13.7. The van der Waals surface area contributed by atoms with Gasteiger partial charge >= 0.3 is 0 Å². The highest BCUT2D eigenvalue weighted by Gasteiger charge is 2.11. The number of benzene rings is 1. The molecule has 4 nitrogen and oxygen atoms in total. The van der Waals surface area contributed by atoms with E-state index in [0.29, 0.717) is 35.0 Å². The van der Waals surface area contributed by atoms with E-state index in [0.717, 1.165) is 11.3 Å². The molecule has 1 aromatic carbocycles. The summed E-state index contributed by atoms with van der Waals surface area (Å²) in [5.74, 6) is 3.26. The maximum Gasteiger partial charge on any atom is 0.249 e. The van der Waals surface area contributed by atoms with E-state index in [-0.39, 0.29) is 0 Å². The maximum absolute atomic E-state index is 6.09. The third-order valence-corrected chi connectivity index (χ3v) is 4.19. The van der Waals surface area contributed by atoms with E-state index in [4.69, 9.17) is 21.8 Å². The minimum Gasteiger partial charge on any atom is -0.420 e. The van der Waals surface area contributed by atoms with E-state index in [1.807, 2.05) is 18.2 Å². The summed E-state index contributed by atoms with van der Waals surface area (Å²) < 4.78 is 5.61. The van der Waals surface area contributed by atoms with Crippen molar-refractivity contribution < 1.29 is 4.42 Å². The Bertz CT molecular complexity index is 532. The Morgan fingerprint density at radius 2 is 2.16 bits per heavy atom. The normalized spacial score (nSPS) is 12.6. The van der Waals surface area contributed by atoms with Gasteiger partial charge in [-0.2, -0.15) is 11.8 Å². The molecule has 0 bridgehead atoms. The first kappa shape index (κ1) is 14.4. The second kappa shape index (κ2) is 6.93. The molecule has 1 heterocycles. The number of hydrogen-bond acceptors (Lipinski definition) is 5. The molecule has 1 aromatic heterocycles. The highest BCUT2D eigenvalue weighted by atomic mass is 35.5. The van der Waals surface area contributed by atoms with Crippen molar-refractivity contribution in [1.29, 1.82) is 0 Å². The van der Waals surface area contributed by atoms with E-state index >= 15 is 0 Å². The van der Waals surface area contributed by atoms with Gasteiger partial charge in [-0.15, -0.1) is 10.2 Å². The third kappa shape index (κ3) is 3.96. The Kier molecular flexibility index (Phi) is 5.24. The Morgan fingerprint density at radius 3 is 2.89 bits per heavy atom. The van der Waals surface area contributed by atoms with Gasteiger partial charge in [-0.25, -0.2) is 0 Å². The minimum atomic E-state index is 0.466. The fraction of sp³-hybridized carbons (Fsp3) is 0.385. The van der Waals surface area contributed by atoms with Gasteiger partial charge in [0.1, 0.15) is 0 Å². The summed E-state index contributed by atoms with van der Waals surface area (Å²) in [5, 5.41) is 8.67. The van der Waals surface area contributed by atoms with Crippen LogP contribution in [0.4, 0.5) is 0 Å². The first-order chi connectivity index (χ1) is 9.20. The largest absolute Gasteiger partial charge is 0.420 e. The molecule has 1 unspecified atom stereocenters. The summed E-state index contributed by atoms with van der Waals surface area (Å²) in [6.45, 7) is 2.82. The SMILES string of the molecule is CC(CN)CSCc1nnc(-c2ccccc2Cl)o1. The van der Waals surface area contributed by atoms with Crippen molar-refractivity contribution >= 4 is 23.4 Å². The van der Waals surface area contributed by atoms with Gasteiger partial charge in [-0.3, -0.25) is 0 Å². The van der Waals surface area contributed by atoms with Crippen molar-refractivity contribution in [2.24, 2.45) is 11.7 Å². The number of thioether (sulfide) groups is 1. The van der Waals surface area contributed by atoms with Crippen LogP contribution in [-0.4, -0.2) is 22.5 Å². The van der Waals surface area contributed by atoms with Gasteiger partial charge in [-0.05, 0) is 30.3 Å². The molecule has 0 aliphatic rings. The predicted octanol–water partition coefficient (Wildman–Crippen LogP) is 3.22. The Balaban J connectivity index is 1.98. The smallest absolute Gasteiger partial charge is 0.249 e. The van der Waals surface area contributed by atoms with E-state index in [1.165, 1.54) is 0 Å². The molecule has 2 rings (SSSR count). The van der Waals surface area contributed by atoms with Gasteiger partial charge in [0.25, 0.3) is 0 Å². The topological polar surface area (TPSA) is 64.9 Å². The van der Waals surface area contributed by atoms with Crippen LogP contribution in [0.5, 0.6) is 0 Å². The molecule has 0 saturated carbocycles. The number of aromatic nitrogens is 2. The molecule has 0 fully saturated rings. The number of nitrogens with two attached hydrogens (primary N) is 1. The molecular formula is C13H16ClN3OS. The molecule has 0 aliphatic heterocycles. The van der Waals surface area contributed by atoms with Crippen LogP contribution in [0.25, 0.3) is 11.5 Å². The van der Waals surface area contributed by atoms with Crippen molar-refractivity contribution in [3.05, 3.63) is 35.2 Å². The summed E-state index contributed by atoms with van der Waals surface area (Å²) in [6, 6.07) is 7.43. The van der Waals surface area contributed by atoms with E-state index in [2.05, 4.69) is 17.1 Å². The quantitative estimate of drug-likeness (QED) is 0.887. The molecule has 0 spiro atoms. The van der Waals surface area contributed by atoms with Crippen molar-refractivity contribution in [3.8, 4) is 11.5 Å². The summed E-state index contributed by atoms with van der Waals surface area (Å²) in [5.41, 5.74) is 6.34. The monoisotopic (exact) mass is 297 g/mol. The first-order valence-corrected chi connectivity index (χ1v) is 7.59. The summed E-state index contributed by atoms with van der Waals surface area (Å²) in [6.07, 6.45) is 0. The molecule has 102 valence electrons. The van der Waals surface area contributed by atoms with Crippen LogP contribution in [0.1, 0.15) is 12.8 Å². The maximum atomic E-state index is 6.09. The fourth-order valence-electron chi connectivity index (χ4n) is 1.47. The molecule has 0 radical (unpaired) electrons. The first-order valence-electron chi connectivity index (χ1n) is 6.05. The van der Waals surface area contributed by atoms with Crippen LogP contribution in [0.2, 0.25) is 5.02 Å². The number of nitrogens with zero attached hydrogens (tertiary/aromatic N) is 2. The van der Waals surface area contributed by atoms with Crippen molar-refractivity contribution in [1.82, 2.24) is 10.2 Å². The fourth-order valence-corrected chi connectivity index (χ4v) is 2.64. The Morgan fingerprint density at radius 1 is 1.37 bits per heavy atom. The Hall–Kier alpha value is -1.04. The highest BCUT2D eigenvalue weighted by Crippen LogP contribution is 2.27. The molecule has 19 heavy (non-hydrogen) atoms. The molecule has 2 aromatic rings. The van der Waals surface area contributed by atoms with Crippen molar-refractivity contribution in [2.75, 3.05) is 12.3 Å². The second-order valence-electron chi connectivity index (χ2n) is 4.34.